The fourth-order valence-electron chi connectivity index (χ4n) is 3.12. The van der Waals surface area contributed by atoms with Crippen LogP contribution in [0, 0.1) is 13.8 Å². The van der Waals surface area contributed by atoms with Gasteiger partial charge in [-0.05, 0) is 74.0 Å². The van der Waals surface area contributed by atoms with E-state index < -0.39 is 15.9 Å². The number of hydrogen-bond acceptors (Lipinski definition) is 6. The van der Waals surface area contributed by atoms with Crippen LogP contribution in [0.25, 0.3) is 0 Å². The molecule has 9 heteroatoms. The highest BCUT2D eigenvalue weighted by molar-refractivity contribution is 7.92. The third-order valence-electron chi connectivity index (χ3n) is 4.91. The molecule has 3 aromatic carbocycles. The second-order valence-corrected chi connectivity index (χ2v) is 9.25. The highest BCUT2D eigenvalue weighted by Gasteiger charge is 2.17. The summed E-state index contributed by atoms with van der Waals surface area (Å²) in [6, 6.07) is 19.9. The lowest BCUT2D eigenvalue weighted by Crippen LogP contribution is -2.16. The third kappa shape index (κ3) is 5.57. The predicted molar refractivity (Wildman–Crippen MR) is 130 cm³/mol. The van der Waals surface area contributed by atoms with Crippen molar-refractivity contribution in [3.63, 3.8) is 0 Å². The number of benzene rings is 3. The maximum absolute atomic E-state index is 12.8. The number of rotatable bonds is 7. The van der Waals surface area contributed by atoms with Gasteiger partial charge in [-0.15, -0.1) is 0 Å². The summed E-state index contributed by atoms with van der Waals surface area (Å²) in [5, 5.41) is 2.81. The van der Waals surface area contributed by atoms with E-state index in [2.05, 4.69) is 20.0 Å². The van der Waals surface area contributed by atoms with Gasteiger partial charge in [-0.1, -0.05) is 23.8 Å². The Labute approximate surface area is 197 Å². The van der Waals surface area contributed by atoms with E-state index in [0.29, 0.717) is 17.1 Å². The third-order valence-corrected chi connectivity index (χ3v) is 6.29. The number of ether oxygens (including phenoxy) is 1. The van der Waals surface area contributed by atoms with Gasteiger partial charge in [-0.25, -0.2) is 18.4 Å². The topological polar surface area (TPSA) is 110 Å². The predicted octanol–water partition coefficient (Wildman–Crippen LogP) is 4.94. The second-order valence-electron chi connectivity index (χ2n) is 7.56. The molecule has 0 fully saturated rings. The van der Waals surface area contributed by atoms with Crippen molar-refractivity contribution in [1.29, 1.82) is 0 Å². The minimum Gasteiger partial charge on any atom is -0.424 e. The Morgan fingerprint density at radius 1 is 0.882 bits per heavy atom. The van der Waals surface area contributed by atoms with Crippen molar-refractivity contribution in [2.24, 2.45) is 0 Å². The van der Waals surface area contributed by atoms with Crippen molar-refractivity contribution in [3.05, 3.63) is 102 Å². The number of aryl methyl sites for hydroxylation is 2. The van der Waals surface area contributed by atoms with Crippen LogP contribution in [-0.2, 0) is 10.0 Å². The molecule has 1 amide bonds. The molecule has 4 rings (SSSR count). The maximum Gasteiger partial charge on any atom is 0.321 e. The van der Waals surface area contributed by atoms with E-state index in [1.807, 2.05) is 26.0 Å². The molecule has 0 bridgehead atoms. The van der Waals surface area contributed by atoms with Crippen LogP contribution in [0.3, 0.4) is 0 Å². The fourth-order valence-corrected chi connectivity index (χ4v) is 4.22. The molecule has 0 saturated heterocycles. The normalized spacial score (nSPS) is 11.0. The van der Waals surface area contributed by atoms with Gasteiger partial charge in [0.2, 0.25) is 0 Å². The first-order valence-corrected chi connectivity index (χ1v) is 11.8. The zero-order valence-corrected chi connectivity index (χ0v) is 19.3. The van der Waals surface area contributed by atoms with Crippen molar-refractivity contribution >= 4 is 27.3 Å². The van der Waals surface area contributed by atoms with Crippen molar-refractivity contribution in [2.75, 3.05) is 10.0 Å². The molecule has 1 aromatic heterocycles. The fraction of sp³-hybridized carbons (Fsp3) is 0.0800. The van der Waals surface area contributed by atoms with Crippen LogP contribution in [0.2, 0.25) is 0 Å². The van der Waals surface area contributed by atoms with Gasteiger partial charge < -0.3 is 10.1 Å². The molecule has 0 aliphatic heterocycles. The van der Waals surface area contributed by atoms with E-state index in [1.165, 1.54) is 18.2 Å². The summed E-state index contributed by atoms with van der Waals surface area (Å²) >= 11 is 0. The summed E-state index contributed by atoms with van der Waals surface area (Å²) in [5.74, 6) is 0.0903. The summed E-state index contributed by atoms with van der Waals surface area (Å²) in [7, 11) is -3.86. The zero-order valence-electron chi connectivity index (χ0n) is 18.5. The number of nitrogens with zero attached hydrogens (tertiary/aromatic N) is 2. The van der Waals surface area contributed by atoms with E-state index in [1.54, 1.807) is 54.9 Å². The number of carbonyl (C=O) groups is 1. The molecule has 2 N–H and O–H groups in total. The SMILES string of the molecule is Cc1ccc(NS(=O)(=O)c2cccc(C(=O)Nc3ccc(Oc4ncccn4)cc3C)c2)cc1. The van der Waals surface area contributed by atoms with Crippen LogP contribution in [0.4, 0.5) is 11.4 Å². The van der Waals surface area contributed by atoms with E-state index in [-0.39, 0.29) is 16.5 Å². The minimum absolute atomic E-state index is 0.0101. The first kappa shape index (κ1) is 22.9. The number of aromatic nitrogens is 2. The Morgan fingerprint density at radius 3 is 2.32 bits per heavy atom. The zero-order chi connectivity index (χ0) is 24.1. The Kier molecular flexibility index (Phi) is 6.55. The lowest BCUT2D eigenvalue weighted by molar-refractivity contribution is 0.102. The smallest absolute Gasteiger partial charge is 0.321 e. The van der Waals surface area contributed by atoms with E-state index in [9.17, 15) is 13.2 Å². The molecular formula is C25H22N4O4S. The van der Waals surface area contributed by atoms with Gasteiger partial charge in [0.15, 0.2) is 0 Å². The molecule has 172 valence electrons. The molecule has 0 saturated carbocycles. The summed E-state index contributed by atoms with van der Waals surface area (Å²) in [4.78, 5) is 20.9. The van der Waals surface area contributed by atoms with Crippen LogP contribution < -0.4 is 14.8 Å². The Hall–Kier alpha value is -4.24. The largest absolute Gasteiger partial charge is 0.424 e. The Balaban J connectivity index is 1.48. The van der Waals surface area contributed by atoms with Crippen LogP contribution in [-0.4, -0.2) is 24.3 Å². The van der Waals surface area contributed by atoms with Gasteiger partial charge in [0.1, 0.15) is 5.75 Å². The molecular weight excluding hydrogens is 452 g/mol. The Morgan fingerprint density at radius 2 is 1.62 bits per heavy atom. The number of amides is 1. The van der Waals surface area contributed by atoms with Crippen molar-refractivity contribution in [1.82, 2.24) is 9.97 Å². The number of nitrogens with one attached hydrogen (secondary N) is 2. The van der Waals surface area contributed by atoms with Gasteiger partial charge >= 0.3 is 6.01 Å². The highest BCUT2D eigenvalue weighted by atomic mass is 32.2. The first-order chi connectivity index (χ1) is 16.3. The molecule has 0 radical (unpaired) electrons. The van der Waals surface area contributed by atoms with Crippen molar-refractivity contribution < 1.29 is 17.9 Å². The first-order valence-electron chi connectivity index (χ1n) is 10.4. The lowest BCUT2D eigenvalue weighted by Gasteiger charge is -2.12. The summed E-state index contributed by atoms with van der Waals surface area (Å²) in [6.45, 7) is 3.74. The monoisotopic (exact) mass is 474 g/mol. The summed E-state index contributed by atoms with van der Waals surface area (Å²) in [6.07, 6.45) is 3.16. The van der Waals surface area contributed by atoms with Crippen LogP contribution in [0.5, 0.6) is 11.8 Å². The summed E-state index contributed by atoms with van der Waals surface area (Å²) < 4.78 is 33.7. The van der Waals surface area contributed by atoms with Crippen LogP contribution in [0.1, 0.15) is 21.5 Å². The molecule has 0 aliphatic carbocycles. The average Bonchev–Trinajstić information content (AvgIpc) is 2.83. The summed E-state index contributed by atoms with van der Waals surface area (Å²) in [5.41, 5.74) is 3.00. The molecule has 1 heterocycles. The molecule has 34 heavy (non-hydrogen) atoms. The average molecular weight is 475 g/mol. The molecule has 4 aromatic rings. The van der Waals surface area contributed by atoms with E-state index in [4.69, 9.17) is 4.74 Å². The Bertz CT molecular complexity index is 1420. The van der Waals surface area contributed by atoms with Crippen LogP contribution >= 0.6 is 0 Å². The van der Waals surface area contributed by atoms with Gasteiger partial charge in [0.25, 0.3) is 15.9 Å². The van der Waals surface area contributed by atoms with Gasteiger partial charge in [0.05, 0.1) is 4.90 Å². The minimum atomic E-state index is -3.86. The van der Waals surface area contributed by atoms with Crippen molar-refractivity contribution in [3.8, 4) is 11.8 Å². The molecule has 0 spiro atoms. The number of hydrogen-bond donors (Lipinski definition) is 2. The number of sulfonamides is 1. The van der Waals surface area contributed by atoms with Crippen molar-refractivity contribution in [2.45, 2.75) is 18.7 Å². The van der Waals surface area contributed by atoms with Crippen LogP contribution in [0.15, 0.2) is 90.1 Å². The quantitative estimate of drug-likeness (QED) is 0.393. The molecule has 0 aliphatic rings. The molecule has 8 nitrogen and oxygen atoms in total. The van der Waals surface area contributed by atoms with E-state index in [0.717, 1.165) is 11.1 Å². The molecule has 0 atom stereocenters. The highest BCUT2D eigenvalue weighted by Crippen LogP contribution is 2.25. The van der Waals surface area contributed by atoms with Gasteiger partial charge in [-0.3, -0.25) is 9.52 Å². The van der Waals surface area contributed by atoms with Gasteiger partial charge in [-0.2, -0.15) is 0 Å². The molecule has 0 unspecified atom stereocenters. The van der Waals surface area contributed by atoms with Gasteiger partial charge in [0, 0.05) is 29.3 Å². The number of anilines is 2. The van der Waals surface area contributed by atoms with E-state index >= 15 is 0 Å². The standard InChI is InChI=1S/C25H22N4O4S/c1-17-7-9-20(10-8-17)29-34(31,32)22-6-3-5-19(16-22)24(30)28-23-12-11-21(15-18(23)2)33-25-26-13-4-14-27-25/h3-16,29H,1-2H3,(H,28,30). The number of carbonyl (C=O) groups excluding carboxylic acids is 1. The maximum atomic E-state index is 12.8. The second kappa shape index (κ2) is 9.72. The lowest BCUT2D eigenvalue weighted by atomic mass is 10.1.